The number of esters is 1. The lowest BCUT2D eigenvalue weighted by molar-refractivity contribution is -0.304. The van der Waals surface area contributed by atoms with Crippen LogP contribution in [-0.2, 0) is 38.2 Å². The van der Waals surface area contributed by atoms with Crippen molar-refractivity contribution in [3.8, 4) is 0 Å². The van der Waals surface area contributed by atoms with Crippen LogP contribution in [0.15, 0.2) is 0 Å². The minimum absolute atomic E-state index is 0.00649. The summed E-state index contributed by atoms with van der Waals surface area (Å²) in [6.45, 7) is 4.98. The third-order valence-electron chi connectivity index (χ3n) is 4.50. The van der Waals surface area contributed by atoms with E-state index >= 15 is 0 Å². The topological polar surface area (TPSA) is 157 Å². The smallest absolute Gasteiger partial charge is 0.364 e. The summed E-state index contributed by atoms with van der Waals surface area (Å²) < 4.78 is 15.1. The van der Waals surface area contributed by atoms with Gasteiger partial charge in [-0.25, -0.2) is 4.79 Å². The van der Waals surface area contributed by atoms with E-state index in [0.29, 0.717) is 5.75 Å². The molecule has 1 fully saturated rings. The number of carboxylic acids is 1. The quantitative estimate of drug-likeness (QED) is 0.283. The first kappa shape index (κ1) is 26.9. The minimum atomic E-state index is -1.92. The van der Waals surface area contributed by atoms with Gasteiger partial charge in [0.2, 0.25) is 11.8 Å². The number of ether oxygens (including phenoxy) is 3. The van der Waals surface area contributed by atoms with Crippen LogP contribution in [0.5, 0.6) is 0 Å². The summed E-state index contributed by atoms with van der Waals surface area (Å²) in [6.07, 6.45) is -0.957. The van der Waals surface area contributed by atoms with Crippen molar-refractivity contribution >= 4 is 40.6 Å². The Bertz CT molecular complexity index is 698. The highest BCUT2D eigenvalue weighted by atomic mass is 32.2. The van der Waals surface area contributed by atoms with Gasteiger partial charge in [0, 0.05) is 44.0 Å². The zero-order chi connectivity index (χ0) is 23.7. The molecule has 1 aliphatic heterocycles. The van der Waals surface area contributed by atoms with Crippen LogP contribution in [0, 0.1) is 5.41 Å². The molecule has 0 bridgehead atoms. The average Bonchev–Trinajstić information content (AvgIpc) is 2.71. The van der Waals surface area contributed by atoms with Crippen molar-refractivity contribution in [3.05, 3.63) is 0 Å². The van der Waals surface area contributed by atoms with Crippen LogP contribution in [0.1, 0.15) is 40.0 Å². The van der Waals surface area contributed by atoms with Gasteiger partial charge < -0.3 is 30.0 Å². The fourth-order valence-corrected chi connectivity index (χ4v) is 3.23. The molecule has 1 aliphatic rings. The summed E-state index contributed by atoms with van der Waals surface area (Å²) in [5.74, 6) is -4.18. The second-order valence-corrected chi connectivity index (χ2v) is 8.87. The highest BCUT2D eigenvalue weighted by Gasteiger charge is 2.51. The van der Waals surface area contributed by atoms with Gasteiger partial charge in [0.1, 0.15) is 6.10 Å². The largest absolute Gasteiger partial charge is 0.477 e. The molecule has 11 nitrogen and oxygen atoms in total. The SMILES string of the molecule is COC(=O)CCC(=O)SCCNC(=O)CCNC(=O)[C@@H]1OC(C)(C(=O)O)OCC1(C)C. The molecular formula is C19H30N2O9S. The molecule has 1 unspecified atom stereocenters. The first-order valence-electron chi connectivity index (χ1n) is 9.73. The van der Waals surface area contributed by atoms with Gasteiger partial charge in [-0.3, -0.25) is 19.2 Å². The first-order chi connectivity index (χ1) is 14.4. The van der Waals surface area contributed by atoms with E-state index in [0.717, 1.165) is 11.8 Å². The van der Waals surface area contributed by atoms with E-state index in [1.165, 1.54) is 14.0 Å². The summed E-state index contributed by atoms with van der Waals surface area (Å²) in [4.78, 5) is 58.2. The Labute approximate surface area is 184 Å². The van der Waals surface area contributed by atoms with Gasteiger partial charge in [0.15, 0.2) is 5.12 Å². The highest BCUT2D eigenvalue weighted by Crippen LogP contribution is 2.35. The Morgan fingerprint density at radius 2 is 1.74 bits per heavy atom. The maximum absolute atomic E-state index is 12.5. The Balaban J connectivity index is 2.30. The van der Waals surface area contributed by atoms with Crippen LogP contribution in [-0.4, -0.2) is 78.4 Å². The van der Waals surface area contributed by atoms with Gasteiger partial charge in [-0.1, -0.05) is 25.6 Å². The molecule has 31 heavy (non-hydrogen) atoms. The lowest BCUT2D eigenvalue weighted by Crippen LogP contribution is -2.60. The molecule has 176 valence electrons. The van der Waals surface area contributed by atoms with E-state index in [1.807, 2.05) is 0 Å². The van der Waals surface area contributed by atoms with E-state index in [9.17, 15) is 29.1 Å². The van der Waals surface area contributed by atoms with E-state index in [4.69, 9.17) is 9.47 Å². The number of carbonyl (C=O) groups is 5. The monoisotopic (exact) mass is 462 g/mol. The number of carboxylic acid groups (broad SMARTS) is 1. The lowest BCUT2D eigenvalue weighted by Gasteiger charge is -2.44. The van der Waals surface area contributed by atoms with Crippen molar-refractivity contribution < 1.29 is 43.3 Å². The summed E-state index contributed by atoms with van der Waals surface area (Å²) >= 11 is 1.01. The molecule has 0 aromatic heterocycles. The van der Waals surface area contributed by atoms with Crippen LogP contribution >= 0.6 is 11.8 Å². The number of methoxy groups -OCH3 is 1. The van der Waals surface area contributed by atoms with Gasteiger partial charge in [-0.05, 0) is 0 Å². The third kappa shape index (κ3) is 8.83. The maximum Gasteiger partial charge on any atom is 0.364 e. The second-order valence-electron chi connectivity index (χ2n) is 7.71. The summed E-state index contributed by atoms with van der Waals surface area (Å²) in [7, 11) is 1.25. The van der Waals surface area contributed by atoms with E-state index in [-0.39, 0.29) is 50.0 Å². The van der Waals surface area contributed by atoms with Crippen molar-refractivity contribution in [1.29, 1.82) is 0 Å². The molecule has 0 aromatic rings. The number of aliphatic carboxylic acids is 1. The van der Waals surface area contributed by atoms with Gasteiger partial charge in [0.05, 0.1) is 20.1 Å². The van der Waals surface area contributed by atoms with Crippen molar-refractivity contribution in [2.45, 2.75) is 51.9 Å². The summed E-state index contributed by atoms with van der Waals surface area (Å²) in [5.41, 5.74) is -0.751. The number of amides is 2. The summed E-state index contributed by atoms with van der Waals surface area (Å²) in [5, 5.41) is 14.3. The Morgan fingerprint density at radius 1 is 1.06 bits per heavy atom. The Morgan fingerprint density at radius 3 is 2.35 bits per heavy atom. The normalized spacial score (nSPS) is 22.3. The predicted octanol–water partition coefficient (Wildman–Crippen LogP) is 0.0643. The van der Waals surface area contributed by atoms with Crippen molar-refractivity contribution in [2.24, 2.45) is 5.41 Å². The second kappa shape index (κ2) is 12.0. The number of rotatable bonds is 11. The fraction of sp³-hybridized carbons (Fsp3) is 0.737. The van der Waals surface area contributed by atoms with Crippen LogP contribution in [0.4, 0.5) is 0 Å². The average molecular weight is 463 g/mol. The molecule has 2 amide bonds. The molecular weight excluding hydrogens is 432 g/mol. The van der Waals surface area contributed by atoms with E-state index in [2.05, 4.69) is 15.4 Å². The van der Waals surface area contributed by atoms with Crippen LogP contribution in [0.3, 0.4) is 0 Å². The molecule has 0 spiro atoms. The van der Waals surface area contributed by atoms with Crippen LogP contribution in [0.2, 0.25) is 0 Å². The molecule has 0 radical (unpaired) electrons. The first-order valence-corrected chi connectivity index (χ1v) is 10.7. The fourth-order valence-electron chi connectivity index (χ4n) is 2.55. The molecule has 1 saturated heterocycles. The van der Waals surface area contributed by atoms with Gasteiger partial charge in [-0.15, -0.1) is 0 Å². The van der Waals surface area contributed by atoms with Gasteiger partial charge in [0.25, 0.3) is 5.79 Å². The summed E-state index contributed by atoms with van der Waals surface area (Å²) in [6, 6.07) is 0. The molecule has 1 heterocycles. The highest BCUT2D eigenvalue weighted by molar-refractivity contribution is 8.13. The van der Waals surface area contributed by atoms with E-state index in [1.54, 1.807) is 13.8 Å². The Kier molecular flexibility index (Phi) is 10.4. The standard InChI is InChI=1S/C19H30N2O9S/c1-18(2)11-29-19(3,17(26)27)30-15(18)16(25)21-8-7-12(22)20-9-10-31-14(24)6-5-13(23)28-4/h15H,5-11H2,1-4H3,(H,20,22)(H,21,25)(H,26,27)/t15-,19?/m0/s1. The van der Waals surface area contributed by atoms with Crippen molar-refractivity contribution in [1.82, 2.24) is 10.6 Å². The number of hydrogen-bond donors (Lipinski definition) is 3. The number of thioether (sulfide) groups is 1. The zero-order valence-corrected chi connectivity index (χ0v) is 19.0. The van der Waals surface area contributed by atoms with E-state index < -0.39 is 35.2 Å². The molecule has 0 saturated carbocycles. The van der Waals surface area contributed by atoms with Crippen molar-refractivity contribution in [2.75, 3.05) is 32.6 Å². The maximum atomic E-state index is 12.5. The van der Waals surface area contributed by atoms with Crippen LogP contribution < -0.4 is 10.6 Å². The molecule has 0 aromatic carbocycles. The van der Waals surface area contributed by atoms with Crippen molar-refractivity contribution in [3.63, 3.8) is 0 Å². The van der Waals surface area contributed by atoms with Gasteiger partial charge in [-0.2, -0.15) is 0 Å². The third-order valence-corrected chi connectivity index (χ3v) is 5.43. The molecule has 3 N–H and O–H groups in total. The lowest BCUT2D eigenvalue weighted by atomic mass is 9.85. The molecule has 0 aliphatic carbocycles. The minimum Gasteiger partial charge on any atom is -0.477 e. The molecule has 12 heteroatoms. The zero-order valence-electron chi connectivity index (χ0n) is 18.1. The van der Waals surface area contributed by atoms with Crippen LogP contribution in [0.25, 0.3) is 0 Å². The number of hydrogen-bond acceptors (Lipinski definition) is 9. The molecule has 2 atom stereocenters. The van der Waals surface area contributed by atoms with Gasteiger partial charge >= 0.3 is 11.9 Å². The molecule has 1 rings (SSSR count). The number of carbonyl (C=O) groups excluding carboxylic acids is 4. The Hall–Kier alpha value is -2.18. The predicted molar refractivity (Wildman–Crippen MR) is 110 cm³/mol. The number of nitrogens with one attached hydrogen (secondary N) is 2.